The summed E-state index contributed by atoms with van der Waals surface area (Å²) < 4.78 is 11.5. The number of carbonyl (C=O) groups excluding carboxylic acids is 3. The first-order valence-electron chi connectivity index (χ1n) is 13.1. The Bertz CT molecular complexity index is 1290. The van der Waals surface area contributed by atoms with E-state index in [1.54, 1.807) is 42.5 Å². The molecular weight excluding hydrogens is 496 g/mol. The molecule has 0 saturated carbocycles. The van der Waals surface area contributed by atoms with E-state index in [0.29, 0.717) is 43.7 Å². The first-order valence-corrected chi connectivity index (χ1v) is 13.1. The highest BCUT2D eigenvalue weighted by atomic mass is 16.5. The number of hydrogen-bond donors (Lipinski definition) is 1. The van der Waals surface area contributed by atoms with Gasteiger partial charge in [-0.3, -0.25) is 24.3 Å². The van der Waals surface area contributed by atoms with Crippen molar-refractivity contribution >= 4 is 17.7 Å². The lowest BCUT2D eigenvalue weighted by atomic mass is 9.96. The van der Waals surface area contributed by atoms with Crippen LogP contribution in [0.4, 0.5) is 0 Å². The Morgan fingerprint density at radius 2 is 1.72 bits per heavy atom. The van der Waals surface area contributed by atoms with Gasteiger partial charge in [0.2, 0.25) is 11.8 Å². The number of nitrogens with one attached hydrogen (secondary N) is 1. The molecule has 3 aromatic rings. The average molecular weight is 529 g/mol. The van der Waals surface area contributed by atoms with Gasteiger partial charge < -0.3 is 19.7 Å². The lowest BCUT2D eigenvalue weighted by Gasteiger charge is -2.44. The predicted molar refractivity (Wildman–Crippen MR) is 144 cm³/mol. The minimum absolute atomic E-state index is 0.0340. The highest BCUT2D eigenvalue weighted by molar-refractivity contribution is 5.98. The van der Waals surface area contributed by atoms with E-state index in [9.17, 15) is 14.4 Å². The second-order valence-electron chi connectivity index (χ2n) is 9.76. The minimum Gasteiger partial charge on any atom is -0.497 e. The molecule has 0 radical (unpaired) electrons. The van der Waals surface area contributed by atoms with Crippen LogP contribution < -0.4 is 10.1 Å². The number of methoxy groups -OCH3 is 1. The normalized spacial score (nSPS) is 18.1. The summed E-state index contributed by atoms with van der Waals surface area (Å²) in [6, 6.07) is 21.1. The van der Waals surface area contributed by atoms with Crippen LogP contribution in [-0.4, -0.2) is 71.1 Å². The van der Waals surface area contributed by atoms with Crippen molar-refractivity contribution in [2.24, 2.45) is 0 Å². The Labute approximate surface area is 227 Å². The van der Waals surface area contributed by atoms with E-state index in [2.05, 4.69) is 10.3 Å². The zero-order chi connectivity index (χ0) is 27.2. The van der Waals surface area contributed by atoms with Crippen LogP contribution in [0.25, 0.3) is 0 Å². The van der Waals surface area contributed by atoms with Gasteiger partial charge in [0.1, 0.15) is 17.5 Å². The quantitative estimate of drug-likeness (QED) is 0.506. The Hall–Kier alpha value is -4.24. The maximum Gasteiger partial charge on any atom is 0.256 e. The van der Waals surface area contributed by atoms with Crippen LogP contribution >= 0.6 is 0 Å². The Balaban J connectivity index is 1.33. The molecule has 3 heterocycles. The summed E-state index contributed by atoms with van der Waals surface area (Å²) in [7, 11) is 1.56. The number of rotatable bonds is 7. The molecule has 9 heteroatoms. The average Bonchev–Trinajstić information content (AvgIpc) is 3.35. The smallest absolute Gasteiger partial charge is 0.256 e. The number of benzene rings is 2. The molecule has 2 aliphatic heterocycles. The van der Waals surface area contributed by atoms with Crippen molar-refractivity contribution in [3.63, 3.8) is 0 Å². The number of pyridine rings is 1. The first kappa shape index (κ1) is 26.4. The van der Waals surface area contributed by atoms with Crippen LogP contribution in [0.3, 0.4) is 0 Å². The van der Waals surface area contributed by atoms with E-state index in [4.69, 9.17) is 9.47 Å². The summed E-state index contributed by atoms with van der Waals surface area (Å²) in [6.45, 7) is 1.18. The fraction of sp³-hybridized carbons (Fsp3) is 0.333. The third-order valence-corrected chi connectivity index (χ3v) is 7.38. The van der Waals surface area contributed by atoms with Gasteiger partial charge in [0.25, 0.3) is 5.91 Å². The number of carbonyl (C=O) groups is 3. The summed E-state index contributed by atoms with van der Waals surface area (Å²) in [6.07, 6.45) is 2.82. The van der Waals surface area contributed by atoms with Crippen LogP contribution in [0.1, 0.15) is 34.5 Å². The van der Waals surface area contributed by atoms with Crippen LogP contribution in [0.2, 0.25) is 0 Å². The molecule has 1 aromatic heterocycles. The molecule has 1 N–H and O–H groups in total. The van der Waals surface area contributed by atoms with Crippen molar-refractivity contribution in [1.29, 1.82) is 0 Å². The van der Waals surface area contributed by atoms with Crippen molar-refractivity contribution in [2.45, 2.75) is 37.6 Å². The molecule has 1 atom stereocenters. The van der Waals surface area contributed by atoms with Gasteiger partial charge in [-0.1, -0.05) is 36.4 Å². The van der Waals surface area contributed by atoms with Gasteiger partial charge in [-0.15, -0.1) is 0 Å². The van der Waals surface area contributed by atoms with Crippen LogP contribution in [0.5, 0.6) is 5.75 Å². The van der Waals surface area contributed by atoms with Gasteiger partial charge in [-0.25, -0.2) is 0 Å². The molecule has 5 rings (SSSR count). The predicted octanol–water partition coefficient (Wildman–Crippen LogP) is 2.81. The van der Waals surface area contributed by atoms with E-state index >= 15 is 0 Å². The molecule has 0 bridgehead atoms. The van der Waals surface area contributed by atoms with Gasteiger partial charge >= 0.3 is 0 Å². The largest absolute Gasteiger partial charge is 0.497 e. The van der Waals surface area contributed by atoms with Crippen molar-refractivity contribution in [2.75, 3.05) is 26.8 Å². The fourth-order valence-corrected chi connectivity index (χ4v) is 5.23. The van der Waals surface area contributed by atoms with Gasteiger partial charge in [-0.2, -0.15) is 0 Å². The molecule has 2 aliphatic rings. The van der Waals surface area contributed by atoms with E-state index in [1.165, 1.54) is 0 Å². The maximum atomic E-state index is 13.9. The molecule has 0 aliphatic carbocycles. The standard InChI is InChI=1S/C30H32N4O5/c1-38-25-12-10-23(11-13-25)29(37)34-26(28(36)32-20-24-9-5-6-16-31-24)21-39-30(34)14-17-33(18-15-30)27(35)19-22-7-3-2-4-8-22/h2-13,16,26H,14-15,17-21H2,1H3,(H,32,36). The lowest BCUT2D eigenvalue weighted by molar-refractivity contribution is -0.143. The topological polar surface area (TPSA) is 101 Å². The van der Waals surface area contributed by atoms with Gasteiger partial charge in [-0.05, 0) is 42.0 Å². The number of amides is 3. The zero-order valence-electron chi connectivity index (χ0n) is 21.9. The molecule has 39 heavy (non-hydrogen) atoms. The van der Waals surface area contributed by atoms with Gasteiger partial charge in [0, 0.05) is 37.7 Å². The summed E-state index contributed by atoms with van der Waals surface area (Å²) in [5.74, 6) is 0.0692. The second-order valence-corrected chi connectivity index (χ2v) is 9.76. The van der Waals surface area contributed by atoms with Crippen LogP contribution in [-0.2, 0) is 27.3 Å². The molecule has 2 fully saturated rings. The van der Waals surface area contributed by atoms with Crippen molar-refractivity contribution in [3.8, 4) is 5.75 Å². The number of likely N-dealkylation sites (tertiary alicyclic amines) is 1. The molecule has 3 amide bonds. The van der Waals surface area contributed by atoms with Crippen LogP contribution in [0.15, 0.2) is 79.0 Å². The molecule has 9 nitrogen and oxygen atoms in total. The Morgan fingerprint density at radius 3 is 2.38 bits per heavy atom. The fourth-order valence-electron chi connectivity index (χ4n) is 5.23. The molecule has 2 aromatic carbocycles. The van der Waals surface area contributed by atoms with Crippen LogP contribution in [0, 0.1) is 0 Å². The van der Waals surface area contributed by atoms with Crippen molar-refractivity contribution < 1.29 is 23.9 Å². The van der Waals surface area contributed by atoms with E-state index < -0.39 is 11.8 Å². The Morgan fingerprint density at radius 1 is 1.00 bits per heavy atom. The third-order valence-electron chi connectivity index (χ3n) is 7.38. The third kappa shape index (κ3) is 5.78. The van der Waals surface area contributed by atoms with E-state index in [0.717, 1.165) is 11.3 Å². The zero-order valence-corrected chi connectivity index (χ0v) is 21.9. The molecule has 202 valence electrons. The van der Waals surface area contributed by atoms with Gasteiger partial charge in [0.05, 0.1) is 32.4 Å². The molecule has 1 spiro atoms. The number of hydrogen-bond acceptors (Lipinski definition) is 6. The highest BCUT2D eigenvalue weighted by Crippen LogP contribution is 2.39. The number of nitrogens with zero attached hydrogens (tertiary/aromatic N) is 3. The van der Waals surface area contributed by atoms with E-state index in [1.807, 2.05) is 53.4 Å². The Kier molecular flexibility index (Phi) is 7.88. The summed E-state index contributed by atoms with van der Waals surface area (Å²) >= 11 is 0. The molecular formula is C30H32N4O5. The SMILES string of the molecule is COc1ccc(C(=O)N2C(C(=O)NCc3ccccn3)COC23CCN(C(=O)Cc2ccccc2)CC3)cc1. The highest BCUT2D eigenvalue weighted by Gasteiger charge is 2.54. The lowest BCUT2D eigenvalue weighted by Crippen LogP contribution is -2.59. The summed E-state index contributed by atoms with van der Waals surface area (Å²) in [4.78, 5) is 47.9. The summed E-state index contributed by atoms with van der Waals surface area (Å²) in [5, 5.41) is 2.91. The monoisotopic (exact) mass is 528 g/mol. The number of ether oxygens (including phenoxy) is 2. The van der Waals surface area contributed by atoms with E-state index in [-0.39, 0.29) is 30.9 Å². The minimum atomic E-state index is -0.979. The maximum absolute atomic E-state index is 13.9. The summed E-state index contributed by atoms with van der Waals surface area (Å²) in [5.41, 5.74) is 1.14. The molecule has 2 saturated heterocycles. The molecule has 1 unspecified atom stereocenters. The number of piperidine rings is 1. The second kappa shape index (κ2) is 11.7. The number of aromatic nitrogens is 1. The van der Waals surface area contributed by atoms with Gasteiger partial charge in [0.15, 0.2) is 0 Å². The first-order chi connectivity index (χ1) is 19.0. The van der Waals surface area contributed by atoms with Crippen molar-refractivity contribution in [3.05, 3.63) is 95.8 Å². The van der Waals surface area contributed by atoms with Crippen molar-refractivity contribution in [1.82, 2.24) is 20.1 Å².